The van der Waals surface area contributed by atoms with Gasteiger partial charge in [0.25, 0.3) is 0 Å². The third-order valence-corrected chi connectivity index (χ3v) is 12.5. The number of amides is 7. The average molecular weight is 910 g/mol. The van der Waals surface area contributed by atoms with Crippen LogP contribution < -0.4 is 38.1 Å². The molecule has 0 saturated carbocycles. The van der Waals surface area contributed by atoms with Crippen molar-refractivity contribution in [2.45, 2.75) is 127 Å². The summed E-state index contributed by atoms with van der Waals surface area (Å²) in [6.07, 6.45) is 4.78. The van der Waals surface area contributed by atoms with Crippen LogP contribution in [0.3, 0.4) is 0 Å². The van der Waals surface area contributed by atoms with E-state index < -0.39 is 96.0 Å². The fourth-order valence-electron chi connectivity index (χ4n) is 8.58. The molecule has 0 spiro atoms. The molecule has 0 aliphatic carbocycles. The van der Waals surface area contributed by atoms with Crippen LogP contribution in [0.5, 0.6) is 0 Å². The number of fused-ring (bicyclic) bond motifs is 3. The molecule has 4 heterocycles. The highest BCUT2D eigenvalue weighted by molar-refractivity contribution is 7.98. The Morgan fingerprint density at radius 2 is 1.31 bits per heavy atom. The number of nitrogens with zero attached hydrogens (tertiary/aromatic N) is 3. The minimum absolute atomic E-state index is 0.00747. The van der Waals surface area contributed by atoms with Crippen molar-refractivity contribution >= 4 is 75.9 Å². The van der Waals surface area contributed by atoms with Gasteiger partial charge in [0.1, 0.15) is 42.3 Å². The summed E-state index contributed by atoms with van der Waals surface area (Å²) < 4.78 is 0. The highest BCUT2D eigenvalue weighted by Gasteiger charge is 2.42. The lowest BCUT2D eigenvalue weighted by Gasteiger charge is -2.31. The molecule has 1 aromatic heterocycles. The van der Waals surface area contributed by atoms with Crippen LogP contribution in [0.2, 0.25) is 0 Å². The average Bonchev–Trinajstić information content (AvgIpc) is 4.04. The number of para-hydroxylation sites is 1. The molecule has 1 aromatic carbocycles. The highest BCUT2D eigenvalue weighted by atomic mass is 32.2. The zero-order valence-corrected chi connectivity index (χ0v) is 37.5. The standard InChI is InChI=1S/C43H63N11O9S/c1-24(2)21-31-37(58)48-28(11-6-17-46-43(44)45)36(57)49-29(14-15-35(55)56)41(62)53-18-7-13-34(53)40(61)52-32(22-25-23-47-27-10-5-4-9-26(25)27)38(59)50-30(16-20-64-3)42(63)54-19-8-12-33(54)39(60)51-31/h4-5,9-10,23-24,28-34,47H,6-8,11-22H2,1-3H3,(H,48,58)(H,49,57)(H,50,59)(H,51,60)(H,52,61)(H,55,56)(H4,44,45,46). The van der Waals surface area contributed by atoms with Gasteiger partial charge in [0.2, 0.25) is 41.4 Å². The van der Waals surface area contributed by atoms with E-state index in [0.29, 0.717) is 30.6 Å². The Kier molecular flexibility index (Phi) is 17.8. The van der Waals surface area contributed by atoms with Gasteiger partial charge in [-0.1, -0.05) is 32.0 Å². The topological polar surface area (TPSA) is 304 Å². The maximum absolute atomic E-state index is 14.5. The van der Waals surface area contributed by atoms with Crippen molar-refractivity contribution in [2.24, 2.45) is 22.4 Å². The second-order valence-electron chi connectivity index (χ2n) is 17.0. The van der Waals surface area contributed by atoms with Crippen molar-refractivity contribution in [1.29, 1.82) is 0 Å². The van der Waals surface area contributed by atoms with Crippen molar-refractivity contribution in [2.75, 3.05) is 31.6 Å². The SMILES string of the molecule is CSCCC1NC(=O)C(Cc2c[nH]c3ccccc23)NC(=O)C2CCCN2C(=O)C(CCC(=O)O)NC(=O)C(CCCN=C(N)N)NC(=O)C(CC(C)C)NC(=O)C2CCCN2C1=O. The second kappa shape index (κ2) is 23.2. The number of aromatic nitrogens is 1. The molecule has 11 N–H and O–H groups in total. The molecule has 3 aliphatic heterocycles. The van der Waals surface area contributed by atoms with Crippen LogP contribution in [0, 0.1) is 5.92 Å². The van der Waals surface area contributed by atoms with Gasteiger partial charge in [-0.15, -0.1) is 0 Å². The predicted octanol–water partition coefficient (Wildman–Crippen LogP) is -0.152. The number of carbonyl (C=O) groups is 8. The van der Waals surface area contributed by atoms with Crippen LogP contribution >= 0.6 is 11.8 Å². The summed E-state index contributed by atoms with van der Waals surface area (Å²) in [5.74, 6) is -5.59. The van der Waals surface area contributed by atoms with E-state index in [0.717, 1.165) is 10.9 Å². The molecule has 21 heteroatoms. The number of H-pyrrole nitrogens is 1. The van der Waals surface area contributed by atoms with E-state index in [9.17, 15) is 43.5 Å². The number of guanidine groups is 1. The van der Waals surface area contributed by atoms with E-state index in [1.807, 2.05) is 44.4 Å². The Hall–Kier alpha value is -5.86. The van der Waals surface area contributed by atoms with Crippen molar-refractivity contribution < 1.29 is 43.5 Å². The summed E-state index contributed by atoms with van der Waals surface area (Å²) in [5.41, 5.74) is 12.5. The second-order valence-corrected chi connectivity index (χ2v) is 18.0. The van der Waals surface area contributed by atoms with Gasteiger partial charge in [0, 0.05) is 49.6 Å². The normalized spacial score (nSPS) is 25.4. The quantitative estimate of drug-likeness (QED) is 0.0680. The molecule has 5 rings (SSSR count). The number of hydrogen-bond acceptors (Lipinski definition) is 10. The number of aliphatic carboxylic acids is 1. The van der Waals surface area contributed by atoms with Crippen molar-refractivity contribution in [3.63, 3.8) is 0 Å². The molecular formula is C43H63N11O9S. The Balaban J connectivity index is 1.56. The fraction of sp³-hybridized carbons (Fsp3) is 0.605. The maximum atomic E-state index is 14.5. The summed E-state index contributed by atoms with van der Waals surface area (Å²) in [6.45, 7) is 4.15. The van der Waals surface area contributed by atoms with Gasteiger partial charge in [0.15, 0.2) is 5.96 Å². The number of nitrogens with two attached hydrogens (primary N) is 2. The smallest absolute Gasteiger partial charge is 0.303 e. The van der Waals surface area contributed by atoms with Crippen LogP contribution in [0.1, 0.15) is 83.6 Å². The predicted molar refractivity (Wildman–Crippen MR) is 240 cm³/mol. The first-order valence-corrected chi connectivity index (χ1v) is 23.4. The van der Waals surface area contributed by atoms with Gasteiger partial charge in [-0.25, -0.2) is 0 Å². The number of hydrogen-bond donors (Lipinski definition) is 9. The van der Waals surface area contributed by atoms with Gasteiger partial charge < -0.3 is 57.9 Å². The molecule has 0 bridgehead atoms. The Morgan fingerprint density at radius 1 is 0.766 bits per heavy atom. The third-order valence-electron chi connectivity index (χ3n) is 11.8. The Labute approximate surface area is 376 Å². The van der Waals surface area contributed by atoms with Crippen LogP contribution in [0.15, 0.2) is 35.5 Å². The lowest BCUT2D eigenvalue weighted by molar-refractivity contribution is -0.144. The number of carboxylic acids is 1. The van der Waals surface area contributed by atoms with E-state index in [-0.39, 0.29) is 76.5 Å². The molecule has 2 aromatic rings. The van der Waals surface area contributed by atoms with Gasteiger partial charge in [0.05, 0.1) is 0 Å². The minimum atomic E-state index is -1.42. The number of aromatic amines is 1. The Bertz CT molecular complexity index is 2060. The number of benzene rings is 1. The molecule has 7 unspecified atom stereocenters. The fourth-order valence-corrected chi connectivity index (χ4v) is 9.05. The van der Waals surface area contributed by atoms with E-state index >= 15 is 0 Å². The molecule has 64 heavy (non-hydrogen) atoms. The summed E-state index contributed by atoms with van der Waals surface area (Å²) >= 11 is 1.47. The molecule has 3 aliphatic rings. The van der Waals surface area contributed by atoms with Gasteiger partial charge in [-0.2, -0.15) is 11.8 Å². The molecule has 350 valence electrons. The van der Waals surface area contributed by atoms with Gasteiger partial charge in [-0.05, 0) is 87.3 Å². The first-order chi connectivity index (χ1) is 30.6. The lowest BCUT2D eigenvalue weighted by atomic mass is 10.0. The third kappa shape index (κ3) is 13.1. The van der Waals surface area contributed by atoms with Crippen molar-refractivity contribution in [1.82, 2.24) is 41.4 Å². The van der Waals surface area contributed by atoms with Crippen LogP contribution in [-0.4, -0.2) is 147 Å². The molecular weight excluding hydrogens is 847 g/mol. The van der Waals surface area contributed by atoms with Crippen LogP contribution in [-0.2, 0) is 44.8 Å². The zero-order valence-electron chi connectivity index (χ0n) is 36.7. The van der Waals surface area contributed by atoms with E-state index in [4.69, 9.17) is 11.5 Å². The summed E-state index contributed by atoms with van der Waals surface area (Å²) in [6, 6.07) is -0.740. The number of rotatable bonds is 14. The molecule has 7 amide bonds. The molecule has 7 atom stereocenters. The Morgan fingerprint density at radius 3 is 1.91 bits per heavy atom. The van der Waals surface area contributed by atoms with Gasteiger partial charge in [-0.3, -0.25) is 43.3 Å². The monoisotopic (exact) mass is 909 g/mol. The highest BCUT2D eigenvalue weighted by Crippen LogP contribution is 2.24. The summed E-state index contributed by atoms with van der Waals surface area (Å²) in [7, 11) is 0. The molecule has 0 radical (unpaired) electrons. The molecule has 3 saturated heterocycles. The zero-order chi connectivity index (χ0) is 46.5. The van der Waals surface area contributed by atoms with E-state index in [1.54, 1.807) is 6.20 Å². The summed E-state index contributed by atoms with van der Waals surface area (Å²) in [4.78, 5) is 122. The van der Waals surface area contributed by atoms with Crippen molar-refractivity contribution in [3.05, 3.63) is 36.0 Å². The van der Waals surface area contributed by atoms with Crippen molar-refractivity contribution in [3.8, 4) is 0 Å². The maximum Gasteiger partial charge on any atom is 0.303 e. The number of carbonyl (C=O) groups excluding carboxylic acids is 7. The van der Waals surface area contributed by atoms with E-state index in [2.05, 4.69) is 36.6 Å². The van der Waals surface area contributed by atoms with E-state index in [1.165, 1.54) is 21.6 Å². The first kappa shape index (κ1) is 49.2. The number of thioether (sulfide) groups is 1. The number of carboxylic acid groups (broad SMARTS) is 1. The number of aliphatic imine (C=N–C) groups is 1. The van der Waals surface area contributed by atoms with Crippen LogP contribution in [0.25, 0.3) is 10.9 Å². The van der Waals surface area contributed by atoms with Gasteiger partial charge >= 0.3 is 5.97 Å². The summed E-state index contributed by atoms with van der Waals surface area (Å²) in [5, 5.41) is 24.5. The minimum Gasteiger partial charge on any atom is -0.481 e. The molecule has 3 fully saturated rings. The largest absolute Gasteiger partial charge is 0.481 e. The number of nitrogens with one attached hydrogen (secondary N) is 6. The van der Waals surface area contributed by atoms with Crippen LogP contribution in [0.4, 0.5) is 0 Å². The first-order valence-electron chi connectivity index (χ1n) is 22.0. The lowest BCUT2D eigenvalue weighted by Crippen LogP contribution is -2.59. The molecule has 20 nitrogen and oxygen atoms in total.